The second-order valence-electron chi connectivity index (χ2n) is 2.59. The molecule has 0 spiro atoms. The number of nitrogens with one attached hydrogen (secondary N) is 1. The van der Waals surface area contributed by atoms with Crippen molar-refractivity contribution in [2.24, 2.45) is 0 Å². The molecule has 1 N–H and O–H groups in total. The topological polar surface area (TPSA) is 63.2 Å². The molecular formula is C10H9NO3S. The predicted molar refractivity (Wildman–Crippen MR) is 55.2 cm³/mol. The van der Waals surface area contributed by atoms with Crippen molar-refractivity contribution in [2.75, 3.05) is 0 Å². The first-order valence-corrected chi connectivity index (χ1v) is 5.63. The summed E-state index contributed by atoms with van der Waals surface area (Å²) in [7, 11) is -3.58. The van der Waals surface area contributed by atoms with Gasteiger partial charge in [-0.05, 0) is 12.1 Å². The first kappa shape index (κ1) is 11.3. The second-order valence-corrected chi connectivity index (χ2v) is 4.27. The summed E-state index contributed by atoms with van der Waals surface area (Å²) in [6.07, 6.45) is 0.612. The van der Waals surface area contributed by atoms with Gasteiger partial charge in [0.25, 0.3) is 10.0 Å². The summed E-state index contributed by atoms with van der Waals surface area (Å²) >= 11 is 0. The number of carbonyl (C=O) groups is 1. The highest BCUT2D eigenvalue weighted by Crippen LogP contribution is 2.05. The monoisotopic (exact) mass is 223 g/mol. The lowest BCUT2D eigenvalue weighted by Crippen LogP contribution is -2.18. The Hall–Kier alpha value is -1.80. The molecule has 0 radical (unpaired) electrons. The molecular weight excluding hydrogens is 214 g/mol. The van der Waals surface area contributed by atoms with Crippen LogP contribution < -0.4 is 4.72 Å². The lowest BCUT2D eigenvalue weighted by molar-refractivity contribution is -0.107. The number of benzene rings is 1. The minimum Gasteiger partial charge on any atom is -0.302 e. The molecule has 5 heteroatoms. The fraction of sp³-hybridized carbons (Fsp3) is 0.100. The number of carbonyl (C=O) groups excluding carboxylic acids is 1. The second kappa shape index (κ2) is 5.17. The maximum absolute atomic E-state index is 11.5. The molecule has 0 aliphatic rings. The maximum atomic E-state index is 11.5. The normalized spacial score (nSPS) is 9.87. The van der Waals surface area contributed by atoms with E-state index in [4.69, 9.17) is 0 Å². The van der Waals surface area contributed by atoms with Gasteiger partial charge in [0.15, 0.2) is 0 Å². The Morgan fingerprint density at radius 1 is 1.27 bits per heavy atom. The van der Waals surface area contributed by atoms with Crippen molar-refractivity contribution in [3.8, 4) is 12.0 Å². The Morgan fingerprint density at radius 3 is 2.53 bits per heavy atom. The summed E-state index contributed by atoms with van der Waals surface area (Å²) in [5, 5.41) is 0. The summed E-state index contributed by atoms with van der Waals surface area (Å²) in [5.74, 6) is 2.35. The highest BCUT2D eigenvalue weighted by Gasteiger charge is 2.09. The largest absolute Gasteiger partial charge is 0.302 e. The predicted octanol–water partition coefficient (Wildman–Crippen LogP) is 0.515. The van der Waals surface area contributed by atoms with Crippen LogP contribution >= 0.6 is 0 Å². The van der Waals surface area contributed by atoms with Crippen LogP contribution in [-0.4, -0.2) is 14.7 Å². The van der Waals surface area contributed by atoms with Gasteiger partial charge < -0.3 is 4.79 Å². The zero-order chi connectivity index (χ0) is 11.1. The van der Waals surface area contributed by atoms with E-state index in [9.17, 15) is 13.2 Å². The fourth-order valence-electron chi connectivity index (χ4n) is 0.855. The fourth-order valence-corrected chi connectivity index (χ4v) is 1.69. The van der Waals surface area contributed by atoms with E-state index in [2.05, 4.69) is 16.7 Å². The smallest absolute Gasteiger partial charge is 0.268 e. The first-order valence-electron chi connectivity index (χ1n) is 4.15. The molecule has 15 heavy (non-hydrogen) atoms. The van der Waals surface area contributed by atoms with Crippen LogP contribution in [0.3, 0.4) is 0 Å². The van der Waals surface area contributed by atoms with Gasteiger partial charge in [-0.3, -0.25) is 0 Å². The molecule has 0 saturated carbocycles. The zero-order valence-electron chi connectivity index (χ0n) is 7.80. The van der Waals surface area contributed by atoms with Crippen LogP contribution in [0, 0.1) is 12.0 Å². The molecule has 0 fully saturated rings. The van der Waals surface area contributed by atoms with Crippen molar-refractivity contribution in [1.82, 2.24) is 4.72 Å². The molecule has 0 aliphatic carbocycles. The van der Waals surface area contributed by atoms with Crippen molar-refractivity contribution in [3.63, 3.8) is 0 Å². The average molecular weight is 223 g/mol. The van der Waals surface area contributed by atoms with E-state index < -0.39 is 10.0 Å². The Morgan fingerprint density at radius 2 is 1.93 bits per heavy atom. The van der Waals surface area contributed by atoms with E-state index in [1.165, 1.54) is 12.1 Å². The summed E-state index contributed by atoms with van der Waals surface area (Å²) < 4.78 is 25.0. The van der Waals surface area contributed by atoms with E-state index in [1.54, 1.807) is 18.2 Å². The van der Waals surface area contributed by atoms with Crippen molar-refractivity contribution < 1.29 is 13.2 Å². The minimum atomic E-state index is -3.58. The van der Waals surface area contributed by atoms with Gasteiger partial charge in [-0.15, -0.1) is 0 Å². The van der Waals surface area contributed by atoms with E-state index >= 15 is 0 Å². The van der Waals surface area contributed by atoms with E-state index in [1.807, 2.05) is 0 Å². The Labute approximate surface area is 88.4 Å². The van der Waals surface area contributed by atoms with Gasteiger partial charge in [0, 0.05) is 6.04 Å². The number of rotatable bonds is 3. The quantitative estimate of drug-likeness (QED) is 0.461. The minimum absolute atomic E-state index is 0.0112. The Kier molecular flexibility index (Phi) is 3.89. The number of hydrogen-bond donors (Lipinski definition) is 1. The van der Waals surface area contributed by atoms with Gasteiger partial charge >= 0.3 is 0 Å². The van der Waals surface area contributed by atoms with E-state index in [0.29, 0.717) is 6.29 Å². The molecule has 0 atom stereocenters. The maximum Gasteiger partial charge on any atom is 0.268 e. The van der Waals surface area contributed by atoms with Crippen molar-refractivity contribution in [2.45, 2.75) is 11.3 Å². The summed E-state index contributed by atoms with van der Waals surface area (Å²) in [4.78, 5) is 10.1. The lowest BCUT2D eigenvalue weighted by atomic mass is 10.4. The third kappa shape index (κ3) is 3.44. The van der Waals surface area contributed by atoms with Crippen LogP contribution in [0.5, 0.6) is 0 Å². The zero-order valence-corrected chi connectivity index (χ0v) is 8.62. The van der Waals surface area contributed by atoms with Crippen molar-refractivity contribution >= 4 is 16.3 Å². The van der Waals surface area contributed by atoms with Gasteiger partial charge in [-0.2, -0.15) is 0 Å². The molecule has 0 saturated heterocycles. The average Bonchev–Trinajstić information content (AvgIpc) is 2.26. The highest BCUT2D eigenvalue weighted by atomic mass is 32.2. The van der Waals surface area contributed by atoms with Gasteiger partial charge in [-0.1, -0.05) is 24.1 Å². The third-order valence-corrected chi connectivity index (χ3v) is 2.78. The summed E-state index contributed by atoms with van der Waals surface area (Å²) in [6.45, 7) is 0. The molecule has 0 heterocycles. The van der Waals surface area contributed by atoms with Gasteiger partial charge in [0.1, 0.15) is 6.29 Å². The Bertz CT molecular complexity index is 482. The molecule has 4 nitrogen and oxygen atoms in total. The Balaban J connectivity index is 2.79. The molecule has 0 bridgehead atoms. The van der Waals surface area contributed by atoms with Crippen LogP contribution in [0.4, 0.5) is 0 Å². The third-order valence-electron chi connectivity index (χ3n) is 1.51. The molecule has 1 rings (SSSR count). The SMILES string of the molecule is O=CCC#CNS(=O)(=O)c1ccccc1. The summed E-state index contributed by atoms with van der Waals surface area (Å²) in [6, 6.07) is 10.1. The first-order chi connectivity index (χ1) is 7.17. The van der Waals surface area contributed by atoms with Crippen LogP contribution in [0.1, 0.15) is 6.42 Å². The van der Waals surface area contributed by atoms with Crippen molar-refractivity contribution in [1.29, 1.82) is 0 Å². The number of aldehydes is 1. The van der Waals surface area contributed by atoms with Gasteiger partial charge in [0.05, 0.1) is 11.3 Å². The molecule has 1 aromatic carbocycles. The highest BCUT2D eigenvalue weighted by molar-refractivity contribution is 7.89. The van der Waals surface area contributed by atoms with Gasteiger partial charge in [0.2, 0.25) is 0 Å². The number of sulfonamides is 1. The molecule has 1 aromatic rings. The summed E-state index contributed by atoms with van der Waals surface area (Å²) in [5.41, 5.74) is 0. The lowest BCUT2D eigenvalue weighted by Gasteiger charge is -2.00. The van der Waals surface area contributed by atoms with Crippen molar-refractivity contribution in [3.05, 3.63) is 30.3 Å². The molecule has 0 aliphatic heterocycles. The van der Waals surface area contributed by atoms with Crippen LogP contribution in [0.25, 0.3) is 0 Å². The molecule has 0 unspecified atom stereocenters. The van der Waals surface area contributed by atoms with Crippen LogP contribution in [0.15, 0.2) is 35.2 Å². The van der Waals surface area contributed by atoms with Crippen LogP contribution in [-0.2, 0) is 14.8 Å². The number of hydrogen-bond acceptors (Lipinski definition) is 3. The van der Waals surface area contributed by atoms with E-state index in [0.717, 1.165) is 0 Å². The molecule has 78 valence electrons. The van der Waals surface area contributed by atoms with Crippen LogP contribution in [0.2, 0.25) is 0 Å². The van der Waals surface area contributed by atoms with Gasteiger partial charge in [-0.25, -0.2) is 13.1 Å². The molecule has 0 amide bonds. The standard InChI is InChI=1S/C10H9NO3S/c12-9-5-4-8-11-15(13,14)10-6-2-1-3-7-10/h1-3,6-7,9,11H,5H2. The molecule has 0 aromatic heterocycles. The van der Waals surface area contributed by atoms with E-state index in [-0.39, 0.29) is 11.3 Å².